The summed E-state index contributed by atoms with van der Waals surface area (Å²) in [4.78, 5) is 11.3. The predicted molar refractivity (Wildman–Crippen MR) is 61.8 cm³/mol. The van der Waals surface area contributed by atoms with E-state index < -0.39 is 0 Å². The molecule has 0 aliphatic heterocycles. The van der Waals surface area contributed by atoms with Crippen LogP contribution in [-0.4, -0.2) is 20.2 Å². The van der Waals surface area contributed by atoms with Gasteiger partial charge in [0, 0.05) is 0 Å². The van der Waals surface area contributed by atoms with Crippen molar-refractivity contribution in [2.75, 3.05) is 14.2 Å². The van der Waals surface area contributed by atoms with E-state index in [2.05, 4.69) is 27.3 Å². The quantitative estimate of drug-likeness (QED) is 0.622. The molecular formula is C10H11IO3. The van der Waals surface area contributed by atoms with Crippen LogP contribution in [0.5, 0.6) is 5.75 Å². The lowest BCUT2D eigenvalue weighted by molar-refractivity contribution is 0.0600. The minimum absolute atomic E-state index is 0.325. The van der Waals surface area contributed by atoms with E-state index in [0.717, 1.165) is 14.9 Å². The molecule has 0 aliphatic carbocycles. The fourth-order valence-electron chi connectivity index (χ4n) is 1.23. The predicted octanol–water partition coefficient (Wildman–Crippen LogP) is 2.39. The molecule has 1 rings (SSSR count). The Morgan fingerprint density at radius 1 is 1.36 bits per heavy atom. The number of hydrogen-bond donors (Lipinski definition) is 0. The van der Waals surface area contributed by atoms with Crippen LogP contribution in [0.25, 0.3) is 0 Å². The summed E-state index contributed by atoms with van der Waals surface area (Å²) >= 11 is 2.13. The number of esters is 1. The second-order valence-corrected chi connectivity index (χ2v) is 3.96. The SMILES string of the molecule is COC(=O)c1cc(C)c(OC)c(I)c1. The smallest absolute Gasteiger partial charge is 0.337 e. The van der Waals surface area contributed by atoms with Gasteiger partial charge in [0.05, 0.1) is 23.4 Å². The number of hydrogen-bond acceptors (Lipinski definition) is 3. The molecule has 4 heteroatoms. The maximum absolute atomic E-state index is 11.3. The van der Waals surface area contributed by atoms with Crippen LogP contribution in [0, 0.1) is 10.5 Å². The molecule has 0 saturated carbocycles. The van der Waals surface area contributed by atoms with Crippen molar-refractivity contribution in [1.82, 2.24) is 0 Å². The average Bonchev–Trinajstić information content (AvgIpc) is 2.16. The van der Waals surface area contributed by atoms with Crippen molar-refractivity contribution in [3.63, 3.8) is 0 Å². The number of carbonyl (C=O) groups is 1. The highest BCUT2D eigenvalue weighted by Gasteiger charge is 2.11. The Labute approximate surface area is 96.5 Å². The van der Waals surface area contributed by atoms with Crippen LogP contribution >= 0.6 is 22.6 Å². The van der Waals surface area contributed by atoms with Gasteiger partial charge >= 0.3 is 5.97 Å². The first-order valence-corrected chi connectivity index (χ1v) is 5.10. The summed E-state index contributed by atoms with van der Waals surface area (Å²) in [7, 11) is 2.98. The van der Waals surface area contributed by atoms with Crippen molar-refractivity contribution in [3.05, 3.63) is 26.8 Å². The highest BCUT2D eigenvalue weighted by atomic mass is 127. The van der Waals surface area contributed by atoms with E-state index in [0.29, 0.717) is 5.56 Å². The fourth-order valence-corrected chi connectivity index (χ4v) is 2.21. The molecule has 0 bridgehead atoms. The number of carbonyl (C=O) groups excluding carboxylic acids is 1. The first-order chi connectivity index (χ1) is 6.60. The first-order valence-electron chi connectivity index (χ1n) is 4.02. The van der Waals surface area contributed by atoms with Crippen molar-refractivity contribution < 1.29 is 14.3 Å². The molecule has 0 N–H and O–H groups in total. The molecule has 1 aromatic carbocycles. The van der Waals surface area contributed by atoms with Gasteiger partial charge in [-0.2, -0.15) is 0 Å². The van der Waals surface area contributed by atoms with E-state index in [1.54, 1.807) is 19.2 Å². The van der Waals surface area contributed by atoms with Crippen LogP contribution in [0.4, 0.5) is 0 Å². The van der Waals surface area contributed by atoms with Gasteiger partial charge in [-0.15, -0.1) is 0 Å². The Balaban J connectivity index is 3.20. The molecule has 14 heavy (non-hydrogen) atoms. The van der Waals surface area contributed by atoms with Gasteiger partial charge in [0.1, 0.15) is 5.75 Å². The summed E-state index contributed by atoms with van der Waals surface area (Å²) in [6, 6.07) is 3.51. The third-order valence-corrected chi connectivity index (χ3v) is 2.66. The number of ether oxygens (including phenoxy) is 2. The van der Waals surface area contributed by atoms with Crippen LogP contribution in [0.1, 0.15) is 15.9 Å². The zero-order chi connectivity index (χ0) is 10.7. The normalized spacial score (nSPS) is 9.71. The van der Waals surface area contributed by atoms with Crippen LogP contribution < -0.4 is 4.74 Å². The Kier molecular flexibility index (Phi) is 3.74. The summed E-state index contributed by atoms with van der Waals surface area (Å²) in [5, 5.41) is 0. The molecule has 0 fully saturated rings. The van der Waals surface area contributed by atoms with E-state index in [-0.39, 0.29) is 5.97 Å². The zero-order valence-corrected chi connectivity index (χ0v) is 10.4. The Morgan fingerprint density at radius 3 is 2.43 bits per heavy atom. The van der Waals surface area contributed by atoms with E-state index in [1.165, 1.54) is 7.11 Å². The molecule has 0 spiro atoms. The number of rotatable bonds is 2. The Hall–Kier alpha value is -0.780. The maximum atomic E-state index is 11.3. The molecule has 1 aromatic rings. The molecule has 0 amide bonds. The lowest BCUT2D eigenvalue weighted by atomic mass is 10.1. The minimum atomic E-state index is -0.325. The molecule has 0 saturated heterocycles. The van der Waals surface area contributed by atoms with Gasteiger partial charge in [0.15, 0.2) is 0 Å². The summed E-state index contributed by atoms with van der Waals surface area (Å²) in [6.07, 6.45) is 0. The number of benzene rings is 1. The van der Waals surface area contributed by atoms with Gasteiger partial charge < -0.3 is 9.47 Å². The summed E-state index contributed by atoms with van der Waals surface area (Å²) in [6.45, 7) is 1.90. The lowest BCUT2D eigenvalue weighted by Gasteiger charge is -2.08. The zero-order valence-electron chi connectivity index (χ0n) is 8.26. The molecular weight excluding hydrogens is 295 g/mol. The van der Waals surface area contributed by atoms with Crippen LogP contribution in [0.3, 0.4) is 0 Å². The maximum Gasteiger partial charge on any atom is 0.337 e. The Bertz CT molecular complexity index is 337. The summed E-state index contributed by atoms with van der Waals surface area (Å²) < 4.78 is 10.7. The van der Waals surface area contributed by atoms with Gasteiger partial charge in [0.2, 0.25) is 0 Å². The van der Waals surface area contributed by atoms with E-state index in [4.69, 9.17) is 4.74 Å². The van der Waals surface area contributed by atoms with Crippen molar-refractivity contribution in [2.24, 2.45) is 0 Å². The third kappa shape index (κ3) is 2.17. The lowest BCUT2D eigenvalue weighted by Crippen LogP contribution is -2.03. The fraction of sp³-hybridized carbons (Fsp3) is 0.300. The summed E-state index contributed by atoms with van der Waals surface area (Å²) in [5.74, 6) is 0.479. The van der Waals surface area contributed by atoms with Crippen LogP contribution in [0.15, 0.2) is 12.1 Å². The molecule has 76 valence electrons. The van der Waals surface area contributed by atoms with Gasteiger partial charge in [-0.05, 0) is 47.2 Å². The van der Waals surface area contributed by atoms with Crippen LogP contribution in [-0.2, 0) is 4.74 Å². The van der Waals surface area contributed by atoms with E-state index >= 15 is 0 Å². The van der Waals surface area contributed by atoms with Gasteiger partial charge in [-0.1, -0.05) is 0 Å². The number of aryl methyl sites for hydroxylation is 1. The van der Waals surface area contributed by atoms with Crippen molar-refractivity contribution in [2.45, 2.75) is 6.92 Å². The van der Waals surface area contributed by atoms with Crippen LogP contribution in [0.2, 0.25) is 0 Å². The number of methoxy groups -OCH3 is 2. The van der Waals surface area contributed by atoms with Crippen molar-refractivity contribution >= 4 is 28.6 Å². The van der Waals surface area contributed by atoms with E-state index in [1.807, 2.05) is 6.92 Å². The Morgan fingerprint density at radius 2 is 2.00 bits per heavy atom. The standard InChI is InChI=1S/C10H11IO3/c1-6-4-7(10(12)14-3)5-8(11)9(6)13-2/h4-5H,1-3H3. The third-order valence-electron chi connectivity index (χ3n) is 1.85. The minimum Gasteiger partial charge on any atom is -0.495 e. The van der Waals surface area contributed by atoms with Crippen molar-refractivity contribution in [3.8, 4) is 5.75 Å². The molecule has 0 aliphatic rings. The second kappa shape index (κ2) is 4.63. The largest absolute Gasteiger partial charge is 0.495 e. The molecule has 0 unspecified atom stereocenters. The van der Waals surface area contributed by atoms with Gasteiger partial charge in [-0.25, -0.2) is 4.79 Å². The van der Waals surface area contributed by atoms with Gasteiger partial charge in [0.25, 0.3) is 0 Å². The molecule has 3 nitrogen and oxygen atoms in total. The number of halogens is 1. The second-order valence-electron chi connectivity index (χ2n) is 2.80. The molecule has 0 radical (unpaired) electrons. The van der Waals surface area contributed by atoms with Gasteiger partial charge in [-0.3, -0.25) is 0 Å². The monoisotopic (exact) mass is 306 g/mol. The van der Waals surface area contributed by atoms with Crippen molar-refractivity contribution in [1.29, 1.82) is 0 Å². The first kappa shape index (κ1) is 11.3. The molecule has 0 heterocycles. The van der Waals surface area contributed by atoms with E-state index in [9.17, 15) is 4.79 Å². The highest BCUT2D eigenvalue weighted by Crippen LogP contribution is 2.26. The summed E-state index contributed by atoms with van der Waals surface area (Å²) in [5.41, 5.74) is 1.48. The topological polar surface area (TPSA) is 35.5 Å². The molecule has 0 atom stereocenters. The highest BCUT2D eigenvalue weighted by molar-refractivity contribution is 14.1. The molecule has 0 aromatic heterocycles. The average molecular weight is 306 g/mol.